The smallest absolute Gasteiger partial charge is 0.103 e. The summed E-state index contributed by atoms with van der Waals surface area (Å²) in [6, 6.07) is 3.09. The van der Waals surface area contributed by atoms with Gasteiger partial charge < -0.3 is 4.74 Å². The van der Waals surface area contributed by atoms with E-state index < -0.39 is 0 Å². The maximum atomic E-state index is 9.38. The molecule has 4 nitrogen and oxygen atoms in total. The van der Waals surface area contributed by atoms with E-state index in [0.717, 1.165) is 51.4 Å². The Hall–Kier alpha value is -0.630. The molecule has 1 aliphatic rings. The highest BCUT2D eigenvalue weighted by molar-refractivity contribution is 5.03. The van der Waals surface area contributed by atoms with Gasteiger partial charge in [-0.05, 0) is 65.0 Å². The molecule has 0 aromatic carbocycles. The van der Waals surface area contributed by atoms with Gasteiger partial charge in [0.1, 0.15) is 5.54 Å². The van der Waals surface area contributed by atoms with Gasteiger partial charge in [0.15, 0.2) is 0 Å². The van der Waals surface area contributed by atoms with E-state index in [1.54, 1.807) is 7.11 Å². The van der Waals surface area contributed by atoms with Crippen LogP contribution in [-0.4, -0.2) is 49.8 Å². The molecule has 21 heavy (non-hydrogen) atoms. The molecule has 1 aliphatic carbocycles. The molecule has 2 unspecified atom stereocenters. The zero-order chi connectivity index (χ0) is 15.7. The number of methoxy groups -OCH3 is 1. The number of nitriles is 1. The van der Waals surface area contributed by atoms with Crippen molar-refractivity contribution in [2.75, 3.05) is 33.4 Å². The van der Waals surface area contributed by atoms with Crippen LogP contribution in [0.3, 0.4) is 0 Å². The Kier molecular flexibility index (Phi) is 8.24. The fourth-order valence-corrected chi connectivity index (χ4v) is 2.82. The molecule has 0 radical (unpaired) electrons. The van der Waals surface area contributed by atoms with Crippen molar-refractivity contribution in [1.29, 1.82) is 5.26 Å². The summed E-state index contributed by atoms with van der Waals surface area (Å²) in [5.74, 6) is 0.877. The third-order valence-corrected chi connectivity index (χ3v) is 4.60. The average molecular weight is 295 g/mol. The molecule has 1 rings (SSSR count). The second-order valence-electron chi connectivity index (χ2n) is 6.58. The summed E-state index contributed by atoms with van der Waals surface area (Å²) in [6.07, 6.45) is 5.78. The molecule has 0 amide bonds. The molecular formula is C17H33N3O. The molecule has 0 aliphatic heterocycles. The first kappa shape index (κ1) is 18.4. The maximum absolute atomic E-state index is 9.38. The topological polar surface area (TPSA) is 48.3 Å². The van der Waals surface area contributed by atoms with Crippen LogP contribution < -0.4 is 5.32 Å². The number of hydrogen-bond acceptors (Lipinski definition) is 4. The Balaban J connectivity index is 2.38. The first-order valence-corrected chi connectivity index (χ1v) is 8.45. The van der Waals surface area contributed by atoms with E-state index >= 15 is 0 Å². The molecule has 1 saturated carbocycles. The lowest BCUT2D eigenvalue weighted by Crippen LogP contribution is -2.43. The monoisotopic (exact) mass is 295 g/mol. The number of rotatable bonds is 12. The van der Waals surface area contributed by atoms with Crippen LogP contribution in [0.1, 0.15) is 52.9 Å². The Morgan fingerprint density at radius 2 is 2.14 bits per heavy atom. The Labute approximate surface area is 130 Å². The number of nitrogens with one attached hydrogen (secondary N) is 1. The summed E-state index contributed by atoms with van der Waals surface area (Å²) in [5.41, 5.74) is -0.383. The van der Waals surface area contributed by atoms with E-state index in [2.05, 4.69) is 30.1 Å². The lowest BCUT2D eigenvalue weighted by molar-refractivity contribution is 0.114. The first-order chi connectivity index (χ1) is 10.1. The largest absolute Gasteiger partial charge is 0.383 e. The predicted octanol–water partition coefficient (Wildman–Crippen LogP) is 2.80. The van der Waals surface area contributed by atoms with Gasteiger partial charge in [0.2, 0.25) is 0 Å². The summed E-state index contributed by atoms with van der Waals surface area (Å²) in [4.78, 5) is 2.54. The van der Waals surface area contributed by atoms with E-state index in [0.29, 0.717) is 6.04 Å². The van der Waals surface area contributed by atoms with E-state index in [4.69, 9.17) is 4.74 Å². The Bertz CT molecular complexity index is 324. The van der Waals surface area contributed by atoms with Crippen LogP contribution >= 0.6 is 0 Å². The van der Waals surface area contributed by atoms with Gasteiger partial charge in [0, 0.05) is 19.7 Å². The maximum Gasteiger partial charge on any atom is 0.103 e. The predicted molar refractivity (Wildman–Crippen MR) is 87.2 cm³/mol. The Morgan fingerprint density at radius 3 is 2.67 bits per heavy atom. The van der Waals surface area contributed by atoms with Crippen LogP contribution in [0.5, 0.6) is 0 Å². The van der Waals surface area contributed by atoms with E-state index in [1.807, 2.05) is 6.92 Å². The van der Waals surface area contributed by atoms with Crippen LogP contribution in [0, 0.1) is 17.2 Å². The highest BCUT2D eigenvalue weighted by Crippen LogP contribution is 2.35. The van der Waals surface area contributed by atoms with Gasteiger partial charge >= 0.3 is 0 Å². The van der Waals surface area contributed by atoms with Crippen LogP contribution in [0.25, 0.3) is 0 Å². The molecule has 1 fully saturated rings. The SMILES string of the molecule is CCCNC(C)(C#N)CCCN(CCOC)C(C)C1CC1. The minimum Gasteiger partial charge on any atom is -0.383 e. The molecule has 2 atom stereocenters. The lowest BCUT2D eigenvalue weighted by Gasteiger charge is -2.30. The van der Waals surface area contributed by atoms with Crippen LogP contribution in [-0.2, 0) is 4.74 Å². The van der Waals surface area contributed by atoms with Crippen LogP contribution in [0.2, 0.25) is 0 Å². The second-order valence-corrected chi connectivity index (χ2v) is 6.58. The molecule has 122 valence electrons. The van der Waals surface area contributed by atoms with Gasteiger partial charge in [0.05, 0.1) is 12.7 Å². The van der Waals surface area contributed by atoms with Gasteiger partial charge in [-0.25, -0.2) is 0 Å². The number of nitrogens with zero attached hydrogens (tertiary/aromatic N) is 2. The van der Waals surface area contributed by atoms with Gasteiger partial charge in [-0.15, -0.1) is 0 Å². The van der Waals surface area contributed by atoms with Crippen LogP contribution in [0.4, 0.5) is 0 Å². The number of ether oxygens (including phenoxy) is 1. The molecule has 1 N–H and O–H groups in total. The highest BCUT2D eigenvalue weighted by atomic mass is 16.5. The van der Waals surface area contributed by atoms with Gasteiger partial charge in [0.25, 0.3) is 0 Å². The minimum atomic E-state index is -0.383. The summed E-state index contributed by atoms with van der Waals surface area (Å²) in [5, 5.41) is 12.8. The molecule has 0 spiro atoms. The third kappa shape index (κ3) is 6.78. The van der Waals surface area contributed by atoms with Gasteiger partial charge in [-0.2, -0.15) is 5.26 Å². The average Bonchev–Trinajstić information content (AvgIpc) is 3.32. The zero-order valence-corrected chi connectivity index (χ0v) is 14.3. The Morgan fingerprint density at radius 1 is 1.43 bits per heavy atom. The van der Waals surface area contributed by atoms with Gasteiger partial charge in [-0.3, -0.25) is 10.2 Å². The standard InChI is InChI=1S/C17H33N3O/c1-5-10-19-17(3,14-18)9-6-11-20(12-13-21-4)15(2)16-7-8-16/h15-16,19H,5-13H2,1-4H3. The third-order valence-electron chi connectivity index (χ3n) is 4.60. The molecular weight excluding hydrogens is 262 g/mol. The molecule has 0 aromatic rings. The molecule has 0 bridgehead atoms. The quantitative estimate of drug-likeness (QED) is 0.601. The zero-order valence-electron chi connectivity index (χ0n) is 14.3. The minimum absolute atomic E-state index is 0.383. The van der Waals surface area contributed by atoms with Crippen molar-refractivity contribution in [2.45, 2.75) is 64.5 Å². The molecule has 4 heteroatoms. The highest BCUT2D eigenvalue weighted by Gasteiger charge is 2.32. The van der Waals surface area contributed by atoms with E-state index in [1.165, 1.54) is 12.8 Å². The summed E-state index contributed by atoms with van der Waals surface area (Å²) in [6.45, 7) is 10.3. The first-order valence-electron chi connectivity index (χ1n) is 8.45. The fourth-order valence-electron chi connectivity index (χ4n) is 2.82. The van der Waals surface area contributed by atoms with Crippen molar-refractivity contribution in [1.82, 2.24) is 10.2 Å². The van der Waals surface area contributed by atoms with Crippen molar-refractivity contribution < 1.29 is 4.74 Å². The molecule has 0 aromatic heterocycles. The van der Waals surface area contributed by atoms with Gasteiger partial charge in [-0.1, -0.05) is 6.92 Å². The van der Waals surface area contributed by atoms with E-state index in [-0.39, 0.29) is 5.54 Å². The summed E-state index contributed by atoms with van der Waals surface area (Å²) >= 11 is 0. The summed E-state index contributed by atoms with van der Waals surface area (Å²) in [7, 11) is 1.77. The fraction of sp³-hybridized carbons (Fsp3) is 0.941. The molecule has 0 saturated heterocycles. The van der Waals surface area contributed by atoms with Crippen molar-refractivity contribution >= 4 is 0 Å². The van der Waals surface area contributed by atoms with Crippen molar-refractivity contribution in [3.8, 4) is 6.07 Å². The lowest BCUT2D eigenvalue weighted by atomic mass is 9.97. The normalized spacial score (nSPS) is 19.2. The number of hydrogen-bond donors (Lipinski definition) is 1. The molecule has 0 heterocycles. The van der Waals surface area contributed by atoms with Crippen LogP contribution in [0.15, 0.2) is 0 Å². The van der Waals surface area contributed by atoms with Crippen molar-refractivity contribution in [3.05, 3.63) is 0 Å². The summed E-state index contributed by atoms with van der Waals surface area (Å²) < 4.78 is 5.24. The van der Waals surface area contributed by atoms with Crippen molar-refractivity contribution in [2.24, 2.45) is 5.92 Å². The second kappa shape index (κ2) is 9.40. The van der Waals surface area contributed by atoms with Crippen molar-refractivity contribution in [3.63, 3.8) is 0 Å². The van der Waals surface area contributed by atoms with E-state index in [9.17, 15) is 5.26 Å².